The lowest BCUT2D eigenvalue weighted by atomic mass is 10.2. The van der Waals surface area contributed by atoms with E-state index in [1.165, 1.54) is 16.8 Å². The average molecular weight is 386 g/mol. The lowest BCUT2D eigenvalue weighted by Gasteiger charge is -2.10. The number of rotatable bonds is 7. The normalized spacial score (nSPS) is 10.7. The number of amides is 1. The molecule has 27 heavy (non-hydrogen) atoms. The number of anilines is 1. The van der Waals surface area contributed by atoms with Gasteiger partial charge in [0.15, 0.2) is 0 Å². The summed E-state index contributed by atoms with van der Waals surface area (Å²) in [6.07, 6.45) is 3.38. The number of benzene rings is 1. The van der Waals surface area contributed by atoms with Gasteiger partial charge in [0, 0.05) is 23.7 Å². The summed E-state index contributed by atoms with van der Waals surface area (Å²) in [6.45, 7) is 3.01. The van der Waals surface area contributed by atoms with Crippen molar-refractivity contribution in [3.63, 3.8) is 0 Å². The van der Waals surface area contributed by atoms with E-state index >= 15 is 0 Å². The van der Waals surface area contributed by atoms with Crippen molar-refractivity contribution in [1.82, 2.24) is 19.6 Å². The molecule has 8 heteroatoms. The summed E-state index contributed by atoms with van der Waals surface area (Å²) in [5, 5.41) is 11.9. The number of nitrogens with zero attached hydrogens (tertiary/aromatic N) is 4. The number of carbonyl (C=O) groups is 1. The number of unbranched alkanes of at least 4 members (excludes halogenated alkanes) is 1. The molecule has 0 saturated heterocycles. The Labute approximate surface area is 161 Å². The summed E-state index contributed by atoms with van der Waals surface area (Å²) in [6, 6.07) is 11.9. The molecule has 0 saturated carbocycles. The molecule has 7 nitrogen and oxygen atoms in total. The van der Waals surface area contributed by atoms with E-state index in [4.69, 9.17) is 11.6 Å². The van der Waals surface area contributed by atoms with E-state index in [0.29, 0.717) is 23.9 Å². The topological polar surface area (TPSA) is 81.8 Å². The van der Waals surface area contributed by atoms with E-state index in [1.807, 2.05) is 31.2 Å². The maximum Gasteiger partial charge on any atom is 0.277 e. The van der Waals surface area contributed by atoms with Gasteiger partial charge in [-0.15, -0.1) is 0 Å². The molecule has 0 fully saturated rings. The fourth-order valence-corrected chi connectivity index (χ4v) is 2.67. The Morgan fingerprint density at radius 2 is 1.89 bits per heavy atom. The van der Waals surface area contributed by atoms with Crippen LogP contribution < -0.4 is 10.9 Å². The van der Waals surface area contributed by atoms with E-state index in [0.717, 1.165) is 18.4 Å². The van der Waals surface area contributed by atoms with Crippen molar-refractivity contribution in [3.05, 3.63) is 75.3 Å². The van der Waals surface area contributed by atoms with Gasteiger partial charge in [0.1, 0.15) is 11.5 Å². The van der Waals surface area contributed by atoms with Crippen LogP contribution in [0.2, 0.25) is 5.02 Å². The second kappa shape index (κ2) is 8.64. The predicted molar refractivity (Wildman–Crippen MR) is 104 cm³/mol. The summed E-state index contributed by atoms with van der Waals surface area (Å²) in [7, 11) is 0. The summed E-state index contributed by atoms with van der Waals surface area (Å²) < 4.78 is 3.00. The maximum atomic E-state index is 12.6. The van der Waals surface area contributed by atoms with Crippen LogP contribution in [0, 0.1) is 0 Å². The number of hydrogen-bond donors (Lipinski definition) is 1. The highest BCUT2D eigenvalue weighted by Gasteiger charge is 2.13. The third-order valence-electron chi connectivity index (χ3n) is 4.03. The zero-order valence-electron chi connectivity index (χ0n) is 14.9. The number of aryl methyl sites for hydroxylation is 1. The standard InChI is InChI=1S/C19H20ClN5O2/c1-2-3-12-24-18(26)9-8-16(23-24)19(27)22-17-10-11-21-25(17)13-14-4-6-15(20)7-5-14/h4-11H,2-3,12-13H2,1H3,(H,22,27). The first-order valence-corrected chi connectivity index (χ1v) is 9.10. The molecule has 3 rings (SSSR count). The fraction of sp³-hybridized carbons (Fsp3) is 0.263. The van der Waals surface area contributed by atoms with Crippen LogP contribution in [0.3, 0.4) is 0 Å². The molecule has 0 aliphatic rings. The summed E-state index contributed by atoms with van der Waals surface area (Å²) in [5.41, 5.74) is 0.975. The van der Waals surface area contributed by atoms with E-state index < -0.39 is 5.91 Å². The number of carbonyl (C=O) groups excluding carboxylic acids is 1. The molecule has 3 aromatic rings. The molecule has 0 atom stereocenters. The van der Waals surface area contributed by atoms with E-state index in [2.05, 4.69) is 15.5 Å². The second-order valence-corrected chi connectivity index (χ2v) is 6.52. The molecule has 0 unspecified atom stereocenters. The number of halogens is 1. The van der Waals surface area contributed by atoms with Gasteiger partial charge in [0.25, 0.3) is 11.5 Å². The molecular formula is C19H20ClN5O2. The lowest BCUT2D eigenvalue weighted by Crippen LogP contribution is -2.26. The van der Waals surface area contributed by atoms with E-state index in [-0.39, 0.29) is 11.3 Å². The van der Waals surface area contributed by atoms with E-state index in [1.54, 1.807) is 16.9 Å². The minimum absolute atomic E-state index is 0.185. The summed E-state index contributed by atoms with van der Waals surface area (Å²) in [5.74, 6) is 0.154. The zero-order valence-corrected chi connectivity index (χ0v) is 15.7. The van der Waals surface area contributed by atoms with E-state index in [9.17, 15) is 9.59 Å². The molecule has 2 heterocycles. The summed E-state index contributed by atoms with van der Waals surface area (Å²) in [4.78, 5) is 24.4. The SMILES string of the molecule is CCCCn1nc(C(=O)Nc2ccnn2Cc2ccc(Cl)cc2)ccc1=O. The van der Waals surface area contributed by atoms with Crippen molar-refractivity contribution in [1.29, 1.82) is 0 Å². The molecular weight excluding hydrogens is 366 g/mol. The van der Waals surface area contributed by atoms with Gasteiger partial charge in [-0.1, -0.05) is 37.1 Å². The Kier molecular flexibility index (Phi) is 6.03. The Morgan fingerprint density at radius 3 is 2.63 bits per heavy atom. The van der Waals surface area contributed by atoms with Gasteiger partial charge in [-0.3, -0.25) is 9.59 Å². The highest BCUT2D eigenvalue weighted by atomic mass is 35.5. The maximum absolute atomic E-state index is 12.6. The van der Waals surface area contributed by atoms with Crippen molar-refractivity contribution < 1.29 is 4.79 Å². The first kappa shape index (κ1) is 18.8. The smallest absolute Gasteiger partial charge is 0.277 e. The monoisotopic (exact) mass is 385 g/mol. The Balaban J connectivity index is 1.74. The Hall–Kier alpha value is -2.93. The molecule has 2 aromatic heterocycles. The molecule has 1 N–H and O–H groups in total. The third kappa shape index (κ3) is 4.83. The molecule has 0 bridgehead atoms. The van der Waals surface area contributed by atoms with Crippen molar-refractivity contribution in [3.8, 4) is 0 Å². The Morgan fingerprint density at radius 1 is 1.11 bits per heavy atom. The molecule has 0 radical (unpaired) electrons. The molecule has 0 aliphatic heterocycles. The van der Waals surface area contributed by atoms with Gasteiger partial charge in [-0.05, 0) is 30.2 Å². The largest absolute Gasteiger partial charge is 0.305 e. The third-order valence-corrected chi connectivity index (χ3v) is 4.28. The first-order valence-electron chi connectivity index (χ1n) is 8.72. The van der Waals surface area contributed by atoms with Crippen LogP contribution in [0.1, 0.15) is 35.8 Å². The van der Waals surface area contributed by atoms with Gasteiger partial charge in [0.05, 0.1) is 12.7 Å². The zero-order chi connectivity index (χ0) is 19.2. The number of aromatic nitrogens is 4. The van der Waals surface area contributed by atoms with Crippen LogP contribution in [0.4, 0.5) is 5.82 Å². The van der Waals surface area contributed by atoms with Gasteiger partial charge in [-0.2, -0.15) is 10.2 Å². The first-order chi connectivity index (χ1) is 13.1. The van der Waals surface area contributed by atoms with Gasteiger partial charge in [-0.25, -0.2) is 9.36 Å². The number of nitrogens with one attached hydrogen (secondary N) is 1. The van der Waals surface area contributed by atoms with Crippen LogP contribution in [-0.4, -0.2) is 25.5 Å². The quantitative estimate of drug-likeness (QED) is 0.677. The average Bonchev–Trinajstić information content (AvgIpc) is 3.09. The van der Waals surface area contributed by atoms with Crippen LogP contribution in [0.15, 0.2) is 53.5 Å². The lowest BCUT2D eigenvalue weighted by molar-refractivity contribution is 0.101. The Bertz CT molecular complexity index is 978. The highest BCUT2D eigenvalue weighted by molar-refractivity contribution is 6.30. The predicted octanol–water partition coefficient (Wildman–Crippen LogP) is 3.19. The number of hydrogen-bond acceptors (Lipinski definition) is 4. The van der Waals surface area contributed by atoms with Crippen LogP contribution >= 0.6 is 11.6 Å². The van der Waals surface area contributed by atoms with Crippen molar-refractivity contribution in [2.24, 2.45) is 0 Å². The van der Waals surface area contributed by atoms with Crippen LogP contribution in [-0.2, 0) is 13.1 Å². The van der Waals surface area contributed by atoms with Crippen molar-refractivity contribution in [2.75, 3.05) is 5.32 Å². The molecule has 0 aliphatic carbocycles. The summed E-state index contributed by atoms with van der Waals surface area (Å²) >= 11 is 5.91. The van der Waals surface area contributed by atoms with Gasteiger partial charge >= 0.3 is 0 Å². The molecule has 140 valence electrons. The second-order valence-electron chi connectivity index (χ2n) is 6.09. The van der Waals surface area contributed by atoms with Crippen LogP contribution in [0.5, 0.6) is 0 Å². The molecule has 1 amide bonds. The molecule has 1 aromatic carbocycles. The fourth-order valence-electron chi connectivity index (χ4n) is 2.55. The van der Waals surface area contributed by atoms with Gasteiger partial charge < -0.3 is 5.32 Å². The molecule has 0 spiro atoms. The minimum Gasteiger partial charge on any atom is -0.305 e. The van der Waals surface area contributed by atoms with Crippen molar-refractivity contribution in [2.45, 2.75) is 32.9 Å². The van der Waals surface area contributed by atoms with Gasteiger partial charge in [0.2, 0.25) is 0 Å². The van der Waals surface area contributed by atoms with Crippen molar-refractivity contribution >= 4 is 23.3 Å². The minimum atomic E-state index is -0.391. The van der Waals surface area contributed by atoms with Crippen LogP contribution in [0.25, 0.3) is 0 Å². The highest BCUT2D eigenvalue weighted by Crippen LogP contribution is 2.14.